The molecule has 194 valence electrons. The number of imidazole rings is 1. The predicted molar refractivity (Wildman–Crippen MR) is 145 cm³/mol. The Balaban J connectivity index is 0.000000366. The second kappa shape index (κ2) is 10.9. The molecule has 0 radical (unpaired) electrons. The topological polar surface area (TPSA) is 96.0 Å². The average molecular weight is 511 g/mol. The summed E-state index contributed by atoms with van der Waals surface area (Å²) in [4.78, 5) is 25.0. The van der Waals surface area contributed by atoms with E-state index in [2.05, 4.69) is 23.0 Å². The van der Waals surface area contributed by atoms with Gasteiger partial charge in [0, 0.05) is 18.2 Å². The Bertz CT molecular complexity index is 1500. The van der Waals surface area contributed by atoms with E-state index in [0.717, 1.165) is 22.3 Å². The number of hydrogen-bond donors (Lipinski definition) is 0. The first-order valence-corrected chi connectivity index (χ1v) is 12.6. The number of fused-ring (bicyclic) bond motifs is 2. The van der Waals surface area contributed by atoms with E-state index in [1.54, 1.807) is 43.7 Å². The van der Waals surface area contributed by atoms with Gasteiger partial charge in [0.1, 0.15) is 11.3 Å². The molecule has 0 aliphatic carbocycles. The first-order valence-electron chi connectivity index (χ1n) is 12.6. The van der Waals surface area contributed by atoms with Crippen LogP contribution in [0.3, 0.4) is 0 Å². The number of likely N-dealkylation sites (N-methyl/N-ethyl adjacent to an activating group) is 1. The zero-order valence-corrected chi connectivity index (χ0v) is 21.8. The second-order valence-electron chi connectivity index (χ2n) is 9.44. The standard InChI is InChI=1S/C23H17N5O3.C6H13N/c1-27-17-8-7-16(9-19(17)31-12-20(27)29)22-21(15-5-3-14(10-24)4-6-15)26-23(30-2)18-11-25-13-28(18)22;1-7-5-3-2-4-6-7/h3-9,11,13H,12H2,1-2H3;2-6H2,1H3. The molecule has 0 spiro atoms. The first-order chi connectivity index (χ1) is 18.5. The highest BCUT2D eigenvalue weighted by atomic mass is 16.5. The Morgan fingerprint density at radius 2 is 1.76 bits per heavy atom. The van der Waals surface area contributed by atoms with Crippen molar-refractivity contribution in [3.63, 3.8) is 0 Å². The second-order valence-corrected chi connectivity index (χ2v) is 9.44. The van der Waals surface area contributed by atoms with Crippen molar-refractivity contribution in [3.8, 4) is 40.2 Å². The number of nitriles is 1. The molecule has 4 heterocycles. The number of nitrogens with zero attached hydrogens (tertiary/aromatic N) is 6. The van der Waals surface area contributed by atoms with Crippen molar-refractivity contribution < 1.29 is 14.3 Å². The van der Waals surface area contributed by atoms with Gasteiger partial charge in [-0.25, -0.2) is 9.97 Å². The maximum absolute atomic E-state index is 12.0. The summed E-state index contributed by atoms with van der Waals surface area (Å²) in [7, 11) is 5.49. The van der Waals surface area contributed by atoms with Crippen molar-refractivity contribution >= 4 is 17.1 Å². The van der Waals surface area contributed by atoms with Crippen molar-refractivity contribution in [2.45, 2.75) is 19.3 Å². The van der Waals surface area contributed by atoms with Gasteiger partial charge in [0.15, 0.2) is 6.61 Å². The molecule has 0 N–H and O–H groups in total. The molecule has 0 atom stereocenters. The van der Waals surface area contributed by atoms with Crippen molar-refractivity contribution in [2.24, 2.45) is 0 Å². The molecule has 1 amide bonds. The Labute approximate surface area is 221 Å². The van der Waals surface area contributed by atoms with E-state index in [0.29, 0.717) is 28.6 Å². The first kappa shape index (κ1) is 25.2. The fourth-order valence-corrected chi connectivity index (χ4v) is 4.76. The average Bonchev–Trinajstić information content (AvgIpc) is 3.45. The number of piperidine rings is 1. The van der Waals surface area contributed by atoms with Crippen molar-refractivity contribution in [1.29, 1.82) is 5.26 Å². The molecule has 6 rings (SSSR count). The fraction of sp³-hybridized carbons (Fsp3) is 0.310. The molecule has 9 nitrogen and oxygen atoms in total. The van der Waals surface area contributed by atoms with Gasteiger partial charge in [-0.2, -0.15) is 5.26 Å². The molecule has 2 aliphatic rings. The number of rotatable bonds is 3. The fourth-order valence-electron chi connectivity index (χ4n) is 4.76. The molecular formula is C29H30N6O3. The van der Waals surface area contributed by atoms with E-state index in [4.69, 9.17) is 19.7 Å². The van der Waals surface area contributed by atoms with Gasteiger partial charge in [-0.05, 0) is 57.2 Å². The number of ether oxygens (including phenoxy) is 2. The van der Waals surface area contributed by atoms with E-state index < -0.39 is 0 Å². The zero-order chi connectivity index (χ0) is 26.6. The molecule has 0 bridgehead atoms. The molecule has 4 aromatic rings. The summed E-state index contributed by atoms with van der Waals surface area (Å²) in [6, 6.07) is 15.0. The molecular weight excluding hydrogens is 480 g/mol. The van der Waals surface area contributed by atoms with E-state index in [1.807, 2.05) is 34.7 Å². The van der Waals surface area contributed by atoms with Crippen molar-refractivity contribution in [1.82, 2.24) is 19.3 Å². The van der Waals surface area contributed by atoms with E-state index in [-0.39, 0.29) is 12.5 Å². The minimum Gasteiger partial charge on any atom is -0.482 e. The van der Waals surface area contributed by atoms with E-state index in [9.17, 15) is 4.79 Å². The molecule has 1 saturated heterocycles. The number of carbonyl (C=O) groups is 1. The Morgan fingerprint density at radius 3 is 2.42 bits per heavy atom. The number of likely N-dealkylation sites (tertiary alicyclic amines) is 1. The molecule has 2 aliphatic heterocycles. The third-order valence-electron chi connectivity index (χ3n) is 6.92. The van der Waals surface area contributed by atoms with Crippen LogP contribution < -0.4 is 14.4 Å². The highest BCUT2D eigenvalue weighted by Crippen LogP contribution is 2.39. The SMILES string of the molecule is CN1CCCCC1.COc1nc(-c2ccc(C#N)cc2)c(-c2ccc3c(c2)OCC(=O)N3C)n2cncc12. The number of aromatic nitrogens is 3. The lowest BCUT2D eigenvalue weighted by molar-refractivity contribution is -0.120. The maximum atomic E-state index is 12.0. The number of methoxy groups -OCH3 is 1. The van der Waals surface area contributed by atoms with Gasteiger partial charge in [0.25, 0.3) is 5.91 Å². The lowest BCUT2D eigenvalue weighted by atomic mass is 10.0. The number of benzene rings is 2. The smallest absolute Gasteiger partial charge is 0.264 e. The number of hydrogen-bond acceptors (Lipinski definition) is 7. The van der Waals surface area contributed by atoms with Gasteiger partial charge in [-0.15, -0.1) is 0 Å². The van der Waals surface area contributed by atoms with Crippen LogP contribution in [0, 0.1) is 11.3 Å². The Morgan fingerprint density at radius 1 is 1.03 bits per heavy atom. The van der Waals surface area contributed by atoms with Crippen LogP contribution in [0.2, 0.25) is 0 Å². The molecule has 2 aromatic heterocycles. The Kier molecular flexibility index (Phi) is 7.24. The van der Waals surface area contributed by atoms with Crippen LogP contribution in [0.4, 0.5) is 5.69 Å². The normalized spacial score (nSPS) is 15.2. The monoisotopic (exact) mass is 510 g/mol. The van der Waals surface area contributed by atoms with Crippen LogP contribution in [-0.4, -0.2) is 66.1 Å². The summed E-state index contributed by atoms with van der Waals surface area (Å²) < 4.78 is 13.1. The van der Waals surface area contributed by atoms with Crippen LogP contribution in [-0.2, 0) is 4.79 Å². The predicted octanol–water partition coefficient (Wildman–Crippen LogP) is 4.40. The maximum Gasteiger partial charge on any atom is 0.264 e. The molecule has 1 fully saturated rings. The van der Waals surface area contributed by atoms with Gasteiger partial charge < -0.3 is 19.3 Å². The quantitative estimate of drug-likeness (QED) is 0.403. The third-order valence-corrected chi connectivity index (χ3v) is 6.92. The van der Waals surface area contributed by atoms with Crippen LogP contribution in [0.15, 0.2) is 55.0 Å². The van der Waals surface area contributed by atoms with E-state index >= 15 is 0 Å². The van der Waals surface area contributed by atoms with E-state index in [1.165, 1.54) is 32.4 Å². The van der Waals surface area contributed by atoms with Gasteiger partial charge in [0.05, 0.1) is 48.3 Å². The Hall–Kier alpha value is -4.42. The molecule has 0 saturated carbocycles. The van der Waals surface area contributed by atoms with Crippen LogP contribution in [0.5, 0.6) is 11.6 Å². The third kappa shape index (κ3) is 4.91. The van der Waals surface area contributed by atoms with Gasteiger partial charge >= 0.3 is 0 Å². The largest absolute Gasteiger partial charge is 0.482 e. The minimum atomic E-state index is -0.0957. The molecule has 38 heavy (non-hydrogen) atoms. The zero-order valence-electron chi connectivity index (χ0n) is 21.8. The molecule has 0 unspecified atom stereocenters. The summed E-state index contributed by atoms with van der Waals surface area (Å²) in [5.74, 6) is 0.969. The summed E-state index contributed by atoms with van der Waals surface area (Å²) in [6.45, 7) is 2.64. The summed E-state index contributed by atoms with van der Waals surface area (Å²) in [5.41, 5.74) is 5.14. The lowest BCUT2D eigenvalue weighted by Gasteiger charge is -2.26. The minimum absolute atomic E-state index is 0.00319. The molecule has 2 aromatic carbocycles. The number of amides is 1. The van der Waals surface area contributed by atoms with Gasteiger partial charge in [-0.3, -0.25) is 9.20 Å². The summed E-state index contributed by atoms with van der Waals surface area (Å²) in [5, 5.41) is 9.14. The summed E-state index contributed by atoms with van der Waals surface area (Å²) in [6.07, 6.45) is 7.68. The van der Waals surface area contributed by atoms with Gasteiger partial charge in [-0.1, -0.05) is 24.6 Å². The highest BCUT2D eigenvalue weighted by Gasteiger charge is 2.24. The number of anilines is 1. The molecule has 9 heteroatoms. The lowest BCUT2D eigenvalue weighted by Crippen LogP contribution is -2.35. The van der Waals surface area contributed by atoms with Crippen LogP contribution in [0.25, 0.3) is 28.0 Å². The van der Waals surface area contributed by atoms with Gasteiger partial charge in [0.2, 0.25) is 5.88 Å². The van der Waals surface area contributed by atoms with Crippen molar-refractivity contribution in [2.75, 3.05) is 45.8 Å². The van der Waals surface area contributed by atoms with Crippen LogP contribution >= 0.6 is 0 Å². The summed E-state index contributed by atoms with van der Waals surface area (Å²) >= 11 is 0. The van der Waals surface area contributed by atoms with Crippen LogP contribution in [0.1, 0.15) is 24.8 Å². The van der Waals surface area contributed by atoms with Crippen molar-refractivity contribution in [3.05, 3.63) is 60.6 Å². The highest BCUT2D eigenvalue weighted by molar-refractivity contribution is 5.98. The number of carbonyl (C=O) groups excluding carboxylic acids is 1.